The van der Waals surface area contributed by atoms with Gasteiger partial charge in [0.15, 0.2) is 0 Å². The highest BCUT2D eigenvalue weighted by Crippen LogP contribution is 2.48. The molecule has 2 heteroatoms. The minimum atomic E-state index is 0.644. The van der Waals surface area contributed by atoms with Gasteiger partial charge in [-0.1, -0.05) is 37.5 Å². The molecule has 2 fully saturated rings. The Kier molecular flexibility index (Phi) is 2.91. The summed E-state index contributed by atoms with van der Waals surface area (Å²) in [5, 5.41) is 1.47. The van der Waals surface area contributed by atoms with Crippen LogP contribution in [0.3, 0.4) is 0 Å². The minimum Gasteiger partial charge on any atom is -0.357 e. The summed E-state index contributed by atoms with van der Waals surface area (Å²) in [4.78, 5) is 6.61. The van der Waals surface area contributed by atoms with E-state index in [1.54, 1.807) is 11.3 Å². The molecule has 22 heavy (non-hydrogen) atoms. The molecule has 3 heterocycles. The maximum Gasteiger partial charge on any atom is 0.0507 e. The molecule has 4 atom stereocenters. The molecule has 0 radical (unpaired) electrons. The summed E-state index contributed by atoms with van der Waals surface area (Å²) in [6, 6.07) is 10.2. The van der Waals surface area contributed by atoms with Crippen molar-refractivity contribution in [3.8, 4) is 0 Å². The standard InChI is InChI=1S/C20H26N2/c1-13-10-17-16-8-4-5-9-18(16)21-20(17)19-11-14-6-2-3-7-15(14)12-22(13)19/h4-5,8-9,13-15,19,21H,2-3,6-7,10-12H2,1H3/t13-,14+,15+,19-/m1/s1. The average Bonchev–Trinajstić information content (AvgIpc) is 2.93. The first-order valence-corrected chi connectivity index (χ1v) is 9.16. The monoisotopic (exact) mass is 294 g/mol. The zero-order chi connectivity index (χ0) is 14.7. The van der Waals surface area contributed by atoms with Crippen molar-refractivity contribution < 1.29 is 0 Å². The van der Waals surface area contributed by atoms with E-state index >= 15 is 0 Å². The van der Waals surface area contributed by atoms with Crippen LogP contribution in [-0.4, -0.2) is 22.5 Å². The van der Waals surface area contributed by atoms with Crippen molar-refractivity contribution in [2.24, 2.45) is 11.8 Å². The van der Waals surface area contributed by atoms with Crippen molar-refractivity contribution >= 4 is 10.9 Å². The lowest BCUT2D eigenvalue weighted by molar-refractivity contribution is 0.00372. The molecule has 1 aliphatic carbocycles. The Morgan fingerprint density at radius 2 is 1.91 bits per heavy atom. The predicted octanol–water partition coefficient (Wildman–Crippen LogP) is 4.67. The van der Waals surface area contributed by atoms with E-state index in [4.69, 9.17) is 0 Å². The Labute approximate surface area is 132 Å². The fourth-order valence-corrected chi connectivity index (χ4v) is 5.56. The van der Waals surface area contributed by atoms with Crippen LogP contribution in [0.15, 0.2) is 24.3 Å². The first kappa shape index (κ1) is 13.2. The Hall–Kier alpha value is -1.28. The number of rotatable bonds is 0. The predicted molar refractivity (Wildman–Crippen MR) is 91.0 cm³/mol. The van der Waals surface area contributed by atoms with Crippen molar-refractivity contribution in [2.45, 2.75) is 57.5 Å². The van der Waals surface area contributed by atoms with Crippen LogP contribution in [0.5, 0.6) is 0 Å². The number of piperidine rings is 1. The van der Waals surface area contributed by atoms with Gasteiger partial charge in [0.05, 0.1) is 6.04 Å². The van der Waals surface area contributed by atoms with Crippen LogP contribution in [0.4, 0.5) is 0 Å². The summed E-state index contributed by atoms with van der Waals surface area (Å²) in [6.07, 6.45) is 8.47. The van der Waals surface area contributed by atoms with Crippen molar-refractivity contribution in [1.82, 2.24) is 9.88 Å². The number of nitrogens with zero attached hydrogens (tertiary/aromatic N) is 1. The van der Waals surface area contributed by atoms with Crippen molar-refractivity contribution in [2.75, 3.05) is 6.54 Å². The number of fused-ring (bicyclic) bond motifs is 6. The highest BCUT2D eigenvalue weighted by Gasteiger charge is 2.43. The fraction of sp³-hybridized carbons (Fsp3) is 0.600. The van der Waals surface area contributed by atoms with Crippen LogP contribution in [0.1, 0.15) is 56.3 Å². The number of benzene rings is 1. The van der Waals surface area contributed by atoms with E-state index in [0.29, 0.717) is 12.1 Å². The van der Waals surface area contributed by atoms with Gasteiger partial charge in [-0.05, 0) is 49.7 Å². The van der Waals surface area contributed by atoms with Crippen molar-refractivity contribution in [3.63, 3.8) is 0 Å². The molecule has 1 saturated heterocycles. The third kappa shape index (κ3) is 1.83. The Morgan fingerprint density at radius 1 is 1.09 bits per heavy atom. The van der Waals surface area contributed by atoms with E-state index in [2.05, 4.69) is 41.1 Å². The van der Waals surface area contributed by atoms with Crippen molar-refractivity contribution in [1.29, 1.82) is 0 Å². The first-order chi connectivity index (χ1) is 10.8. The van der Waals surface area contributed by atoms with Gasteiger partial charge >= 0.3 is 0 Å². The second kappa shape index (κ2) is 4.86. The van der Waals surface area contributed by atoms with Gasteiger partial charge in [-0.15, -0.1) is 0 Å². The SMILES string of the molecule is C[C@@H]1Cc2c([nH]c3ccccc23)[C@H]2C[C@@H]3CCCC[C@H]3CN12. The van der Waals surface area contributed by atoms with Gasteiger partial charge in [0.2, 0.25) is 0 Å². The van der Waals surface area contributed by atoms with Gasteiger partial charge < -0.3 is 4.98 Å². The van der Waals surface area contributed by atoms with E-state index in [-0.39, 0.29) is 0 Å². The molecule has 1 saturated carbocycles. The van der Waals surface area contributed by atoms with Gasteiger partial charge in [0.25, 0.3) is 0 Å². The lowest BCUT2D eigenvalue weighted by atomic mass is 9.70. The molecular formula is C20H26N2. The number of H-pyrrole nitrogens is 1. The normalized spacial score (nSPS) is 35.0. The molecule has 1 aromatic carbocycles. The second-order valence-electron chi connectivity index (χ2n) is 7.87. The van der Waals surface area contributed by atoms with E-state index in [0.717, 1.165) is 11.8 Å². The Morgan fingerprint density at radius 3 is 2.82 bits per heavy atom. The van der Waals surface area contributed by atoms with Crippen LogP contribution < -0.4 is 0 Å². The van der Waals surface area contributed by atoms with Crippen LogP contribution in [0.2, 0.25) is 0 Å². The number of para-hydroxylation sites is 1. The molecule has 0 bridgehead atoms. The molecule has 2 nitrogen and oxygen atoms in total. The number of nitrogens with one attached hydrogen (secondary N) is 1. The second-order valence-corrected chi connectivity index (χ2v) is 7.87. The van der Waals surface area contributed by atoms with Gasteiger partial charge in [-0.3, -0.25) is 4.90 Å². The zero-order valence-corrected chi connectivity index (χ0v) is 13.5. The summed E-state index contributed by atoms with van der Waals surface area (Å²) >= 11 is 0. The first-order valence-electron chi connectivity index (χ1n) is 9.16. The average molecular weight is 294 g/mol. The topological polar surface area (TPSA) is 19.0 Å². The molecule has 2 aromatic rings. The number of hydrogen-bond acceptors (Lipinski definition) is 1. The molecule has 1 aromatic heterocycles. The van der Waals surface area contributed by atoms with Gasteiger partial charge in [0, 0.05) is 29.2 Å². The van der Waals surface area contributed by atoms with Gasteiger partial charge in [0.1, 0.15) is 0 Å². The van der Waals surface area contributed by atoms with Crippen LogP contribution in [-0.2, 0) is 6.42 Å². The minimum absolute atomic E-state index is 0.644. The number of aromatic nitrogens is 1. The fourth-order valence-electron chi connectivity index (χ4n) is 5.56. The van der Waals surface area contributed by atoms with Crippen LogP contribution in [0, 0.1) is 11.8 Å². The number of hydrogen-bond donors (Lipinski definition) is 1. The summed E-state index contributed by atoms with van der Waals surface area (Å²) in [5.74, 6) is 1.94. The highest BCUT2D eigenvalue weighted by atomic mass is 15.2. The van der Waals surface area contributed by atoms with E-state index in [1.807, 2.05) is 0 Å². The third-order valence-corrected chi connectivity index (χ3v) is 6.68. The molecular weight excluding hydrogens is 268 g/mol. The van der Waals surface area contributed by atoms with Gasteiger partial charge in [-0.25, -0.2) is 0 Å². The van der Waals surface area contributed by atoms with E-state index < -0.39 is 0 Å². The molecule has 3 aliphatic rings. The van der Waals surface area contributed by atoms with Crippen LogP contribution in [0.25, 0.3) is 10.9 Å². The zero-order valence-electron chi connectivity index (χ0n) is 13.5. The smallest absolute Gasteiger partial charge is 0.0507 e. The quantitative estimate of drug-likeness (QED) is 0.748. The summed E-state index contributed by atoms with van der Waals surface area (Å²) in [5.41, 5.74) is 4.49. The third-order valence-electron chi connectivity index (χ3n) is 6.68. The molecule has 116 valence electrons. The highest BCUT2D eigenvalue weighted by molar-refractivity contribution is 5.85. The largest absolute Gasteiger partial charge is 0.357 e. The molecule has 0 spiro atoms. The number of aromatic amines is 1. The molecule has 1 N–H and O–H groups in total. The van der Waals surface area contributed by atoms with Crippen LogP contribution >= 0.6 is 0 Å². The van der Waals surface area contributed by atoms with E-state index in [1.165, 1.54) is 56.0 Å². The van der Waals surface area contributed by atoms with Gasteiger partial charge in [-0.2, -0.15) is 0 Å². The Bertz CT molecular complexity index is 701. The maximum atomic E-state index is 3.79. The summed E-state index contributed by atoms with van der Waals surface area (Å²) in [7, 11) is 0. The van der Waals surface area contributed by atoms with Crippen molar-refractivity contribution in [3.05, 3.63) is 35.5 Å². The summed E-state index contributed by atoms with van der Waals surface area (Å²) < 4.78 is 0. The molecule has 0 amide bonds. The summed E-state index contributed by atoms with van der Waals surface area (Å²) in [6.45, 7) is 3.78. The van der Waals surface area contributed by atoms with E-state index in [9.17, 15) is 0 Å². The molecule has 5 rings (SSSR count). The maximum absolute atomic E-state index is 3.79. The molecule has 2 aliphatic heterocycles. The lowest BCUT2D eigenvalue weighted by Gasteiger charge is -2.50. The Balaban J connectivity index is 1.59. The lowest BCUT2D eigenvalue weighted by Crippen LogP contribution is -2.50. The molecule has 0 unspecified atom stereocenters.